The monoisotopic (exact) mass is 302 g/mol. The molecule has 0 radical (unpaired) electrons. The van der Waals surface area contributed by atoms with E-state index in [2.05, 4.69) is 43.1 Å². The van der Waals surface area contributed by atoms with E-state index in [4.69, 9.17) is 0 Å². The summed E-state index contributed by atoms with van der Waals surface area (Å²) in [4.78, 5) is 14.7. The number of likely N-dealkylation sites (N-methyl/N-ethyl adjacent to an activating group) is 1. The van der Waals surface area contributed by atoms with Gasteiger partial charge in [0.1, 0.15) is 0 Å². The van der Waals surface area contributed by atoms with Crippen LogP contribution in [0.3, 0.4) is 0 Å². The van der Waals surface area contributed by atoms with Gasteiger partial charge in [-0.3, -0.25) is 9.69 Å². The van der Waals surface area contributed by atoms with Gasteiger partial charge >= 0.3 is 0 Å². The van der Waals surface area contributed by atoms with Gasteiger partial charge in [0, 0.05) is 6.54 Å². The summed E-state index contributed by atoms with van der Waals surface area (Å²) in [6.45, 7) is 9.09. The Labute approximate surface area is 135 Å². The highest BCUT2D eigenvalue weighted by molar-refractivity contribution is 5.78. The molecule has 3 heteroatoms. The number of hydrogen-bond donors (Lipinski definition) is 1. The maximum atomic E-state index is 12.4. The zero-order valence-corrected chi connectivity index (χ0v) is 14.2. The van der Waals surface area contributed by atoms with Gasteiger partial charge < -0.3 is 5.32 Å². The van der Waals surface area contributed by atoms with E-state index in [-0.39, 0.29) is 11.9 Å². The van der Waals surface area contributed by atoms with Crippen LogP contribution in [0.4, 0.5) is 0 Å². The van der Waals surface area contributed by atoms with Gasteiger partial charge in [0.05, 0.1) is 12.6 Å². The summed E-state index contributed by atoms with van der Waals surface area (Å²) in [5.74, 6) is 1.53. The van der Waals surface area contributed by atoms with Crippen LogP contribution in [0.25, 0.3) is 0 Å². The molecule has 1 fully saturated rings. The van der Waals surface area contributed by atoms with Crippen LogP contribution < -0.4 is 5.32 Å². The minimum Gasteiger partial charge on any atom is -0.348 e. The lowest BCUT2D eigenvalue weighted by Gasteiger charge is -2.24. The number of carbonyl (C=O) groups is 1. The third-order valence-corrected chi connectivity index (χ3v) is 4.27. The Kier molecular flexibility index (Phi) is 6.44. The Morgan fingerprint density at radius 1 is 1.27 bits per heavy atom. The lowest BCUT2D eigenvalue weighted by molar-refractivity contribution is -0.123. The van der Waals surface area contributed by atoms with Crippen molar-refractivity contribution in [3.63, 3.8) is 0 Å². The first-order valence-corrected chi connectivity index (χ1v) is 8.65. The van der Waals surface area contributed by atoms with Crippen molar-refractivity contribution in [2.24, 2.45) is 11.8 Å². The fraction of sp³-hybridized carbons (Fsp3) is 0.632. The molecule has 0 aromatic heterocycles. The van der Waals surface area contributed by atoms with Gasteiger partial charge in [0.2, 0.25) is 5.91 Å². The highest BCUT2D eigenvalue weighted by Crippen LogP contribution is 2.29. The van der Waals surface area contributed by atoms with Crippen molar-refractivity contribution < 1.29 is 4.79 Å². The van der Waals surface area contributed by atoms with Crippen molar-refractivity contribution in [3.05, 3.63) is 35.9 Å². The number of hydrogen-bond acceptors (Lipinski definition) is 2. The summed E-state index contributed by atoms with van der Waals surface area (Å²) >= 11 is 0. The van der Waals surface area contributed by atoms with Crippen LogP contribution in [0.5, 0.6) is 0 Å². The third-order valence-electron chi connectivity index (χ3n) is 4.27. The van der Waals surface area contributed by atoms with E-state index in [0.717, 1.165) is 25.4 Å². The van der Waals surface area contributed by atoms with E-state index in [9.17, 15) is 4.79 Å². The zero-order chi connectivity index (χ0) is 15.9. The van der Waals surface area contributed by atoms with Crippen LogP contribution >= 0.6 is 0 Å². The lowest BCUT2D eigenvalue weighted by Crippen LogP contribution is -2.40. The normalized spacial score (nSPS) is 16.0. The minimum atomic E-state index is 0.119. The average Bonchev–Trinajstić information content (AvgIpc) is 3.30. The quantitative estimate of drug-likeness (QED) is 0.755. The molecule has 0 saturated heterocycles. The fourth-order valence-corrected chi connectivity index (χ4v) is 2.85. The predicted octanol–water partition coefficient (Wildman–Crippen LogP) is 3.62. The summed E-state index contributed by atoms with van der Waals surface area (Å²) in [6.07, 6.45) is 3.64. The second-order valence-corrected chi connectivity index (χ2v) is 6.93. The molecule has 1 atom stereocenters. The Bertz CT molecular complexity index is 454. The Morgan fingerprint density at radius 2 is 1.95 bits per heavy atom. The number of carbonyl (C=O) groups excluding carboxylic acids is 1. The second-order valence-electron chi connectivity index (χ2n) is 6.93. The Hall–Kier alpha value is -1.35. The van der Waals surface area contributed by atoms with Crippen LogP contribution in [-0.4, -0.2) is 30.4 Å². The lowest BCUT2D eigenvalue weighted by atomic mass is 9.97. The zero-order valence-electron chi connectivity index (χ0n) is 14.2. The second kappa shape index (κ2) is 8.33. The molecule has 1 aromatic carbocycles. The van der Waals surface area contributed by atoms with Gasteiger partial charge in [0.25, 0.3) is 0 Å². The number of benzene rings is 1. The summed E-state index contributed by atoms with van der Waals surface area (Å²) in [5, 5.41) is 3.24. The highest BCUT2D eigenvalue weighted by Gasteiger charge is 2.25. The maximum absolute atomic E-state index is 12.4. The number of nitrogens with one attached hydrogen (secondary N) is 1. The third kappa shape index (κ3) is 5.80. The van der Waals surface area contributed by atoms with E-state index < -0.39 is 0 Å². The Balaban J connectivity index is 1.92. The van der Waals surface area contributed by atoms with E-state index in [1.54, 1.807) is 0 Å². The molecule has 1 aliphatic rings. The number of amides is 1. The first-order valence-electron chi connectivity index (χ1n) is 8.65. The summed E-state index contributed by atoms with van der Waals surface area (Å²) in [7, 11) is 0. The van der Waals surface area contributed by atoms with Crippen molar-refractivity contribution in [3.8, 4) is 0 Å². The molecular weight excluding hydrogens is 272 g/mol. The molecule has 3 nitrogen and oxygen atoms in total. The van der Waals surface area contributed by atoms with E-state index in [1.165, 1.54) is 18.4 Å². The molecule has 0 spiro atoms. The van der Waals surface area contributed by atoms with Crippen LogP contribution in [0.2, 0.25) is 0 Å². The van der Waals surface area contributed by atoms with Crippen LogP contribution in [0, 0.1) is 11.8 Å². The van der Waals surface area contributed by atoms with Crippen LogP contribution in [0.15, 0.2) is 30.3 Å². The highest BCUT2D eigenvalue weighted by atomic mass is 16.2. The van der Waals surface area contributed by atoms with Crippen molar-refractivity contribution in [2.75, 3.05) is 19.6 Å². The topological polar surface area (TPSA) is 32.3 Å². The first-order chi connectivity index (χ1) is 10.6. The van der Waals surface area contributed by atoms with Gasteiger partial charge in [-0.2, -0.15) is 0 Å². The predicted molar refractivity (Wildman–Crippen MR) is 91.6 cm³/mol. The molecule has 1 amide bonds. The van der Waals surface area contributed by atoms with E-state index in [0.29, 0.717) is 12.5 Å². The van der Waals surface area contributed by atoms with E-state index >= 15 is 0 Å². The summed E-state index contributed by atoms with van der Waals surface area (Å²) < 4.78 is 0. The smallest absolute Gasteiger partial charge is 0.234 e. The van der Waals surface area contributed by atoms with Gasteiger partial charge in [0.15, 0.2) is 0 Å². The van der Waals surface area contributed by atoms with Gasteiger partial charge in [-0.25, -0.2) is 0 Å². The fourth-order valence-electron chi connectivity index (χ4n) is 2.85. The summed E-state index contributed by atoms with van der Waals surface area (Å²) in [6, 6.07) is 10.4. The first kappa shape index (κ1) is 17.0. The van der Waals surface area contributed by atoms with Crippen LogP contribution in [0.1, 0.15) is 51.6 Å². The molecule has 2 rings (SSSR count). The van der Waals surface area contributed by atoms with Crippen molar-refractivity contribution in [2.45, 2.75) is 46.1 Å². The molecule has 0 aliphatic heterocycles. The van der Waals surface area contributed by atoms with Crippen molar-refractivity contribution in [1.29, 1.82) is 0 Å². The van der Waals surface area contributed by atoms with Gasteiger partial charge in [-0.1, -0.05) is 51.1 Å². The standard InChI is InChI=1S/C19H30N2O/c1-4-21(13-16-10-11-16)14-19(22)20-18(12-15(2)3)17-8-6-5-7-9-17/h5-9,15-16,18H,4,10-14H2,1-3H3,(H,20,22). The molecule has 1 aromatic rings. The molecular formula is C19H30N2O. The molecule has 1 unspecified atom stereocenters. The Morgan fingerprint density at radius 3 is 2.50 bits per heavy atom. The average molecular weight is 302 g/mol. The van der Waals surface area contributed by atoms with Gasteiger partial charge in [-0.05, 0) is 43.2 Å². The maximum Gasteiger partial charge on any atom is 0.234 e. The number of nitrogens with zero attached hydrogens (tertiary/aromatic N) is 1. The SMILES string of the molecule is CCN(CC(=O)NC(CC(C)C)c1ccccc1)CC1CC1. The van der Waals surface area contributed by atoms with Crippen LogP contribution in [-0.2, 0) is 4.79 Å². The van der Waals surface area contributed by atoms with Crippen molar-refractivity contribution >= 4 is 5.91 Å². The molecule has 1 saturated carbocycles. The largest absolute Gasteiger partial charge is 0.348 e. The number of rotatable bonds is 9. The minimum absolute atomic E-state index is 0.119. The van der Waals surface area contributed by atoms with Crippen molar-refractivity contribution in [1.82, 2.24) is 10.2 Å². The molecule has 1 aliphatic carbocycles. The molecule has 22 heavy (non-hydrogen) atoms. The molecule has 122 valence electrons. The molecule has 0 bridgehead atoms. The molecule has 0 heterocycles. The van der Waals surface area contributed by atoms with Gasteiger partial charge in [-0.15, -0.1) is 0 Å². The summed E-state index contributed by atoms with van der Waals surface area (Å²) in [5.41, 5.74) is 1.20. The molecule has 1 N–H and O–H groups in total. The van der Waals surface area contributed by atoms with E-state index in [1.807, 2.05) is 18.2 Å².